The van der Waals surface area contributed by atoms with Gasteiger partial charge in [0.2, 0.25) is 0 Å². The van der Waals surface area contributed by atoms with Gasteiger partial charge in [0, 0.05) is 0 Å². The van der Waals surface area contributed by atoms with Crippen LogP contribution in [0, 0.1) is 0 Å². The number of hydrogen-bond acceptors (Lipinski definition) is 0. The lowest BCUT2D eigenvalue weighted by molar-refractivity contribution is -0.438. The zero-order valence-corrected chi connectivity index (χ0v) is 12.5. The molecule has 0 atom stereocenters. The zero-order valence-electron chi connectivity index (χ0n) is 7.85. The van der Waals surface area contributed by atoms with Crippen molar-refractivity contribution in [1.29, 1.82) is 0 Å². The predicted octanol–water partition coefficient (Wildman–Crippen LogP) is 5.25. The van der Waals surface area contributed by atoms with E-state index in [2.05, 4.69) is 0 Å². The normalized spacial score (nSPS) is 14.5. The Morgan fingerprint density at radius 2 is 0.474 bits per heavy atom. The van der Waals surface area contributed by atoms with Gasteiger partial charge in [-0.15, -0.1) is 48.0 Å². The molecule has 120 valence electrons. The summed E-state index contributed by atoms with van der Waals surface area (Å²) in [6, 6.07) is 0. The molecule has 0 unspecified atom stereocenters. The van der Waals surface area contributed by atoms with Crippen LogP contribution in [0.5, 0.6) is 0 Å². The molecule has 0 fully saturated rings. The van der Waals surface area contributed by atoms with Gasteiger partial charge in [-0.05, 0) is 0 Å². The quantitative estimate of drug-likeness (QED) is 0.330. The first-order valence-electron chi connectivity index (χ1n) is 3.27. The van der Waals surface area contributed by atoms with E-state index in [9.17, 15) is 52.7 Å². The molecule has 14 heteroatoms. The molecule has 0 aromatic heterocycles. The third kappa shape index (κ3) is 3.84. The molecule has 0 aliphatic rings. The maximum absolute atomic E-state index is 12.0. The van der Waals surface area contributed by atoms with Crippen molar-refractivity contribution in [2.45, 2.75) is 30.1 Å². The van der Waals surface area contributed by atoms with Crippen LogP contribution in [-0.2, 0) is 0 Å². The summed E-state index contributed by atoms with van der Waals surface area (Å²) in [4.78, 5) is 0. The number of hydrogen-bond donors (Lipinski definition) is 0. The Labute approximate surface area is 130 Å². The van der Waals surface area contributed by atoms with E-state index in [-0.39, 0.29) is 48.0 Å². The van der Waals surface area contributed by atoms with E-state index in [1.54, 1.807) is 0 Å². The molecule has 0 nitrogen and oxygen atoms in total. The van der Waals surface area contributed by atoms with Crippen LogP contribution in [0.4, 0.5) is 52.7 Å². The van der Waals surface area contributed by atoms with Crippen LogP contribution < -0.4 is 0 Å². The highest BCUT2D eigenvalue weighted by Crippen LogP contribution is 2.57. The standard InChI is InChI=1S/C5F12.2HI/c6-1(7,2(8,9)4(12,13)14)3(10,11)5(15,16)17;;/h;2*1H. The second kappa shape index (κ2) is 6.17. The van der Waals surface area contributed by atoms with Crippen LogP contribution in [0.15, 0.2) is 0 Å². The van der Waals surface area contributed by atoms with Crippen LogP contribution >= 0.6 is 48.0 Å². The summed E-state index contributed by atoms with van der Waals surface area (Å²) in [6.07, 6.45) is -14.5. The fraction of sp³-hybridized carbons (Fsp3) is 1.00. The third-order valence-electron chi connectivity index (χ3n) is 1.50. The highest BCUT2D eigenvalue weighted by Gasteiger charge is 2.88. The van der Waals surface area contributed by atoms with Crippen LogP contribution in [0.3, 0.4) is 0 Å². The number of rotatable bonds is 2. The Bertz CT molecular complexity index is 259. The summed E-state index contributed by atoms with van der Waals surface area (Å²) < 4.78 is 139. The summed E-state index contributed by atoms with van der Waals surface area (Å²) in [5.41, 5.74) is 0. The lowest BCUT2D eigenvalue weighted by atomic mass is 10.0. The molecule has 0 spiro atoms. The van der Waals surface area contributed by atoms with Gasteiger partial charge in [-0.1, -0.05) is 0 Å². The maximum Gasteiger partial charge on any atom is 0.460 e. The molecule has 0 aromatic carbocycles. The van der Waals surface area contributed by atoms with E-state index in [0.717, 1.165) is 0 Å². The van der Waals surface area contributed by atoms with E-state index in [4.69, 9.17) is 0 Å². The van der Waals surface area contributed by atoms with E-state index < -0.39 is 30.1 Å². The minimum Gasteiger partial charge on any atom is -0.192 e. The van der Waals surface area contributed by atoms with Gasteiger partial charge < -0.3 is 0 Å². The van der Waals surface area contributed by atoms with E-state index in [1.807, 2.05) is 0 Å². The molecule has 0 radical (unpaired) electrons. The molecular weight excluding hydrogens is 542 g/mol. The molecule has 0 aromatic rings. The van der Waals surface area contributed by atoms with Crippen LogP contribution in [0.1, 0.15) is 0 Å². The SMILES string of the molecule is FC(F)(F)C(F)(F)C(F)(F)C(F)(F)C(F)(F)F.I.I. The van der Waals surface area contributed by atoms with Gasteiger partial charge in [-0.25, -0.2) is 0 Å². The Morgan fingerprint density at radius 3 is 0.579 bits per heavy atom. The summed E-state index contributed by atoms with van der Waals surface area (Å²) in [7, 11) is 0. The molecule has 0 aliphatic carbocycles. The molecule has 0 amide bonds. The van der Waals surface area contributed by atoms with E-state index in [0.29, 0.717) is 0 Å². The average molecular weight is 544 g/mol. The molecule has 0 bridgehead atoms. The van der Waals surface area contributed by atoms with Crippen molar-refractivity contribution in [3.8, 4) is 0 Å². The molecule has 19 heavy (non-hydrogen) atoms. The Morgan fingerprint density at radius 1 is 0.316 bits per heavy atom. The molecule has 0 saturated carbocycles. The minimum absolute atomic E-state index is 0. The van der Waals surface area contributed by atoms with E-state index in [1.165, 1.54) is 0 Å². The summed E-state index contributed by atoms with van der Waals surface area (Å²) in [5, 5.41) is 0. The average Bonchev–Trinajstić information content (AvgIpc) is 1.98. The first kappa shape index (κ1) is 24.6. The van der Waals surface area contributed by atoms with Crippen molar-refractivity contribution in [3.63, 3.8) is 0 Å². The summed E-state index contributed by atoms with van der Waals surface area (Å²) in [6.45, 7) is 0. The second-order valence-electron chi connectivity index (χ2n) is 2.72. The van der Waals surface area contributed by atoms with E-state index >= 15 is 0 Å². The molecule has 0 heterocycles. The number of alkyl halides is 12. The van der Waals surface area contributed by atoms with Crippen molar-refractivity contribution in [1.82, 2.24) is 0 Å². The van der Waals surface area contributed by atoms with Crippen molar-refractivity contribution >= 4 is 48.0 Å². The molecule has 0 N–H and O–H groups in total. The molecular formula is C5H2F12I2. The van der Waals surface area contributed by atoms with Crippen LogP contribution in [-0.4, -0.2) is 30.1 Å². The molecule has 0 aliphatic heterocycles. The van der Waals surface area contributed by atoms with Gasteiger partial charge >= 0.3 is 30.1 Å². The highest BCUT2D eigenvalue weighted by molar-refractivity contribution is 14.0. The van der Waals surface area contributed by atoms with Crippen molar-refractivity contribution in [2.75, 3.05) is 0 Å². The van der Waals surface area contributed by atoms with Gasteiger partial charge in [-0.2, -0.15) is 52.7 Å². The van der Waals surface area contributed by atoms with Crippen molar-refractivity contribution in [2.24, 2.45) is 0 Å². The Hall–Kier alpha value is 0.620. The minimum atomic E-state index is -7.66. The van der Waals surface area contributed by atoms with Gasteiger partial charge in [0.05, 0.1) is 0 Å². The first-order valence-corrected chi connectivity index (χ1v) is 3.27. The monoisotopic (exact) mass is 544 g/mol. The van der Waals surface area contributed by atoms with Gasteiger partial charge in [0.15, 0.2) is 0 Å². The maximum atomic E-state index is 12.0. The molecule has 0 saturated heterocycles. The van der Waals surface area contributed by atoms with Crippen LogP contribution in [0.2, 0.25) is 0 Å². The second-order valence-corrected chi connectivity index (χ2v) is 2.72. The smallest absolute Gasteiger partial charge is 0.192 e. The lowest BCUT2D eigenvalue weighted by Gasteiger charge is -2.34. The fourth-order valence-corrected chi connectivity index (χ4v) is 0.553. The predicted molar refractivity (Wildman–Crippen MR) is 57.8 cm³/mol. The third-order valence-corrected chi connectivity index (χ3v) is 1.50. The lowest BCUT2D eigenvalue weighted by Crippen LogP contribution is -2.65. The van der Waals surface area contributed by atoms with Crippen molar-refractivity contribution < 1.29 is 52.7 Å². The van der Waals surface area contributed by atoms with Crippen LogP contribution in [0.25, 0.3) is 0 Å². The Balaban J connectivity index is -0.00000128. The number of halogens is 14. The largest absolute Gasteiger partial charge is 0.460 e. The van der Waals surface area contributed by atoms with Gasteiger partial charge in [0.1, 0.15) is 0 Å². The summed E-state index contributed by atoms with van der Waals surface area (Å²) >= 11 is 0. The first-order chi connectivity index (χ1) is 7.00. The summed E-state index contributed by atoms with van der Waals surface area (Å²) in [5.74, 6) is -22.7. The van der Waals surface area contributed by atoms with Gasteiger partial charge in [0.25, 0.3) is 0 Å². The molecule has 0 rings (SSSR count). The highest BCUT2D eigenvalue weighted by atomic mass is 127. The topological polar surface area (TPSA) is 0 Å². The Kier molecular flexibility index (Phi) is 7.99. The fourth-order valence-electron chi connectivity index (χ4n) is 0.553. The van der Waals surface area contributed by atoms with Crippen molar-refractivity contribution in [3.05, 3.63) is 0 Å². The zero-order chi connectivity index (χ0) is 14.5. The van der Waals surface area contributed by atoms with Gasteiger partial charge in [-0.3, -0.25) is 0 Å².